The molecule has 2 unspecified atom stereocenters. The number of methoxy groups -OCH3 is 1. The van der Waals surface area contributed by atoms with E-state index in [4.69, 9.17) is 9.47 Å². The van der Waals surface area contributed by atoms with Crippen LogP contribution in [0.25, 0.3) is 16.7 Å². The number of aliphatic hydroxyl groups is 1. The van der Waals surface area contributed by atoms with E-state index in [9.17, 15) is 24.6 Å². The molecule has 1 N–H and O–H groups in total. The van der Waals surface area contributed by atoms with E-state index in [1.54, 1.807) is 20.8 Å². The van der Waals surface area contributed by atoms with Gasteiger partial charge in [-0.3, -0.25) is 4.79 Å². The summed E-state index contributed by atoms with van der Waals surface area (Å²) in [6.07, 6.45) is 8.57. The molecule has 0 amide bonds. The van der Waals surface area contributed by atoms with Crippen molar-refractivity contribution >= 4 is 23.3 Å². The Kier molecular flexibility index (Phi) is 14.5. The van der Waals surface area contributed by atoms with Gasteiger partial charge in [-0.25, -0.2) is 4.79 Å². The molecule has 4 atom stereocenters. The number of carboxylic acid groups (broad SMARTS) is 1. The Morgan fingerprint density at radius 1 is 0.952 bits per heavy atom. The van der Waals surface area contributed by atoms with E-state index in [-0.39, 0.29) is 59.4 Å². The molecule has 7 nitrogen and oxygen atoms in total. The second-order valence-electron chi connectivity index (χ2n) is 10.5. The van der Waals surface area contributed by atoms with Gasteiger partial charge >= 0.3 is 35.5 Å². The van der Waals surface area contributed by atoms with Crippen molar-refractivity contribution in [1.29, 1.82) is 0 Å². The summed E-state index contributed by atoms with van der Waals surface area (Å²) in [5, 5.41) is 22.6. The molecule has 0 bridgehead atoms. The fraction of sp³-hybridized carbons (Fsp3) is 0.382. The van der Waals surface area contributed by atoms with Crippen LogP contribution in [0.2, 0.25) is 0 Å². The molecule has 0 radical (unpaired) electrons. The molecule has 0 heterocycles. The Labute approximate surface area is 271 Å². The normalized spacial score (nSPS) is 15.8. The predicted molar refractivity (Wildman–Crippen MR) is 157 cm³/mol. The summed E-state index contributed by atoms with van der Waals surface area (Å²) in [6, 6.07) is 13.2. The molecular weight excluding hydrogens is 543 g/mol. The number of carbonyl (C=O) groups excluding carboxylic acids is 3. The number of terminal acetylenes is 1. The van der Waals surface area contributed by atoms with E-state index in [0.29, 0.717) is 11.3 Å². The minimum absolute atomic E-state index is 0. The fourth-order valence-corrected chi connectivity index (χ4v) is 5.69. The van der Waals surface area contributed by atoms with E-state index in [1.807, 2.05) is 56.3 Å². The second-order valence-corrected chi connectivity index (χ2v) is 10.5. The Bertz CT molecular complexity index is 1370. The number of Topliss-reactive ketones (excluding diaryl/α,β-unsaturated/α-hetero) is 1. The number of hydrogen-bond donors (Lipinski definition) is 1. The summed E-state index contributed by atoms with van der Waals surface area (Å²) >= 11 is 0. The minimum Gasteiger partial charge on any atom is -0.545 e. The first-order valence-corrected chi connectivity index (χ1v) is 13.5. The van der Waals surface area contributed by atoms with E-state index >= 15 is 0 Å². The number of carboxylic acids is 1. The molecule has 0 fully saturated rings. The molecule has 1 aliphatic rings. The summed E-state index contributed by atoms with van der Waals surface area (Å²) in [7, 11) is 1.33. The molecule has 8 heteroatoms. The first-order chi connectivity index (χ1) is 19.4. The number of carbonyl (C=O) groups is 3. The topological polar surface area (TPSA) is 113 Å². The van der Waals surface area contributed by atoms with E-state index in [0.717, 1.165) is 27.8 Å². The van der Waals surface area contributed by atoms with Crippen LogP contribution in [0.5, 0.6) is 5.75 Å². The number of ether oxygens (including phenoxy) is 2. The van der Waals surface area contributed by atoms with Gasteiger partial charge in [0.25, 0.3) is 0 Å². The van der Waals surface area contributed by atoms with Crippen LogP contribution in [0.3, 0.4) is 0 Å². The second kappa shape index (κ2) is 16.5. The first-order valence-electron chi connectivity index (χ1n) is 13.5. The SMILES string of the molecule is C#C.COC(=O)/C=C1\c2ccccc2-c2c(OC/C(=C(\C(=O)[O-])C(C)C)[C@H](C)C(C)[C@H](C(C)=O)C(C)O)cccc21.[Na+]. The maximum atomic E-state index is 12.4. The van der Waals surface area contributed by atoms with Crippen LogP contribution in [0.15, 0.2) is 59.7 Å². The van der Waals surface area contributed by atoms with E-state index in [1.165, 1.54) is 20.1 Å². The molecule has 2 aromatic carbocycles. The average molecular weight is 583 g/mol. The Morgan fingerprint density at radius 2 is 1.52 bits per heavy atom. The number of benzene rings is 2. The van der Waals surface area contributed by atoms with Crippen LogP contribution in [0.1, 0.15) is 52.7 Å². The van der Waals surface area contributed by atoms with Gasteiger partial charge < -0.3 is 24.5 Å². The quantitative estimate of drug-likeness (QED) is 0.158. The molecule has 2 aromatic rings. The number of fused-ring (bicyclic) bond motifs is 3. The van der Waals surface area contributed by atoms with Crippen LogP contribution >= 0.6 is 0 Å². The van der Waals surface area contributed by atoms with Crippen molar-refractivity contribution in [2.75, 3.05) is 13.7 Å². The van der Waals surface area contributed by atoms with Crippen molar-refractivity contribution in [1.82, 2.24) is 0 Å². The molecule has 0 aromatic heterocycles. The molecule has 218 valence electrons. The minimum atomic E-state index is -1.29. The molecule has 3 rings (SSSR count). The maximum absolute atomic E-state index is 12.4. The maximum Gasteiger partial charge on any atom is 1.00 e. The molecule has 0 aliphatic heterocycles. The molecule has 0 spiro atoms. The van der Waals surface area contributed by atoms with Crippen LogP contribution in [0, 0.1) is 36.5 Å². The number of aliphatic hydroxyl groups excluding tert-OH is 1. The van der Waals surface area contributed by atoms with Crippen molar-refractivity contribution in [3.63, 3.8) is 0 Å². The van der Waals surface area contributed by atoms with Gasteiger partial charge in [-0.1, -0.05) is 64.1 Å². The number of hydrogen-bond acceptors (Lipinski definition) is 7. The zero-order chi connectivity index (χ0) is 31.0. The zero-order valence-corrected chi connectivity index (χ0v) is 27.8. The smallest absolute Gasteiger partial charge is 0.545 e. The number of aliphatic carboxylic acids is 1. The molecule has 1 aliphatic carbocycles. The van der Waals surface area contributed by atoms with Gasteiger partial charge in [0.1, 0.15) is 18.1 Å². The molecule has 42 heavy (non-hydrogen) atoms. The number of esters is 1. The number of ketones is 1. The van der Waals surface area contributed by atoms with Gasteiger partial charge in [-0.2, -0.15) is 0 Å². The summed E-state index contributed by atoms with van der Waals surface area (Å²) in [6.45, 7) is 10.2. The molecular formula is C34H39NaO7. The Hall–Kier alpha value is -3.15. The standard InChI is InChI=1S/C32H38O7.C2H2.Na/c1-17(2)29(32(36)37)26(18(3)19(4)30(20(5)33)21(6)34)16-39-27-14-10-13-24-25(15-28(35)38-7)22-11-8-9-12-23(22)31(24)27;1-2;/h8-15,17-20,30,33H,16H2,1-7H3,(H,36,37);1-2H;/q;;+1/p-1/b25-15+,29-26+;;/t18-,19?,20?,30+;;/m1../s1. The monoisotopic (exact) mass is 582 g/mol. The summed E-state index contributed by atoms with van der Waals surface area (Å²) in [4.78, 5) is 36.8. The Morgan fingerprint density at radius 3 is 2.02 bits per heavy atom. The average Bonchev–Trinajstić information content (AvgIpc) is 3.24. The van der Waals surface area contributed by atoms with E-state index < -0.39 is 29.9 Å². The van der Waals surface area contributed by atoms with Gasteiger partial charge in [-0.15, -0.1) is 12.8 Å². The summed E-state index contributed by atoms with van der Waals surface area (Å²) in [5.74, 6) is -3.16. The van der Waals surface area contributed by atoms with Crippen molar-refractivity contribution in [2.24, 2.45) is 23.7 Å². The van der Waals surface area contributed by atoms with Crippen molar-refractivity contribution in [3.8, 4) is 29.7 Å². The van der Waals surface area contributed by atoms with Gasteiger partial charge in [0, 0.05) is 17.6 Å². The third-order valence-electron chi connectivity index (χ3n) is 7.69. The summed E-state index contributed by atoms with van der Waals surface area (Å²) in [5.41, 5.74) is 4.72. The predicted octanol–water partition coefficient (Wildman–Crippen LogP) is 1.46. The third kappa shape index (κ3) is 8.02. The van der Waals surface area contributed by atoms with Crippen LogP contribution in [-0.4, -0.2) is 42.6 Å². The van der Waals surface area contributed by atoms with Gasteiger partial charge in [0.2, 0.25) is 0 Å². The first kappa shape index (κ1) is 36.9. The summed E-state index contributed by atoms with van der Waals surface area (Å²) < 4.78 is 11.2. The van der Waals surface area contributed by atoms with Crippen LogP contribution in [0.4, 0.5) is 0 Å². The zero-order valence-electron chi connectivity index (χ0n) is 25.8. The van der Waals surface area contributed by atoms with Crippen molar-refractivity contribution in [2.45, 2.75) is 47.6 Å². The van der Waals surface area contributed by atoms with Gasteiger partial charge in [-0.05, 0) is 71.1 Å². The van der Waals surface area contributed by atoms with Crippen LogP contribution < -0.4 is 39.4 Å². The van der Waals surface area contributed by atoms with Gasteiger partial charge in [0.05, 0.1) is 19.2 Å². The van der Waals surface area contributed by atoms with E-state index in [2.05, 4.69) is 12.8 Å². The van der Waals surface area contributed by atoms with Gasteiger partial charge in [0.15, 0.2) is 0 Å². The molecule has 0 saturated heterocycles. The largest absolute Gasteiger partial charge is 1.00 e. The fourth-order valence-electron chi connectivity index (χ4n) is 5.69. The third-order valence-corrected chi connectivity index (χ3v) is 7.69. The van der Waals surface area contributed by atoms with Crippen molar-refractivity contribution in [3.05, 3.63) is 70.8 Å². The molecule has 0 saturated carbocycles. The Balaban J connectivity index is 0.00000288. The van der Waals surface area contributed by atoms with Crippen LogP contribution in [-0.2, 0) is 19.1 Å². The van der Waals surface area contributed by atoms with Crippen molar-refractivity contribution < 1.29 is 63.6 Å². The number of rotatable bonds is 11.